The molecule has 0 saturated heterocycles. The van der Waals surface area contributed by atoms with Crippen molar-refractivity contribution >= 4 is 25.0 Å². The van der Waals surface area contributed by atoms with Gasteiger partial charge in [-0.15, -0.1) is 0 Å². The van der Waals surface area contributed by atoms with E-state index in [0.717, 1.165) is 25.7 Å². The minimum absolute atomic E-state index is 0.0264. The number of rotatable bonds is 9. The lowest BCUT2D eigenvalue weighted by molar-refractivity contribution is 0.0969. The van der Waals surface area contributed by atoms with Gasteiger partial charge in [-0.25, -0.2) is 0 Å². The number of allylic oxidation sites excluding steroid dienone is 6. The Labute approximate surface area is 306 Å². The second-order valence-electron chi connectivity index (χ2n) is 20.7. The van der Waals surface area contributed by atoms with Crippen molar-refractivity contribution in [3.63, 3.8) is 0 Å². The van der Waals surface area contributed by atoms with E-state index in [4.69, 9.17) is 19.9 Å². The normalized spacial score (nSPS) is 32.4. The maximum Gasteiger partial charge on any atom is 0.242 e. The van der Waals surface area contributed by atoms with E-state index in [1.165, 1.54) is 60.2 Å². The Morgan fingerprint density at radius 1 is 0.837 bits per heavy atom. The van der Waals surface area contributed by atoms with Crippen LogP contribution in [0.4, 0.5) is 0 Å². The highest BCUT2D eigenvalue weighted by Crippen LogP contribution is 2.60. The van der Waals surface area contributed by atoms with Crippen molar-refractivity contribution in [1.29, 1.82) is 0 Å². The van der Waals surface area contributed by atoms with Crippen LogP contribution in [0.25, 0.3) is 0 Å². The molecule has 0 aromatic heterocycles. The molecule has 4 aliphatic carbocycles. The molecule has 3 nitrogen and oxygen atoms in total. The molecular formula is C43H76O3Si3. The third-order valence-corrected chi connectivity index (χ3v) is 23.6. The molecule has 0 radical (unpaired) electrons. The van der Waals surface area contributed by atoms with Crippen molar-refractivity contribution in [2.75, 3.05) is 0 Å². The summed E-state index contributed by atoms with van der Waals surface area (Å²) in [6, 6.07) is 0. The Morgan fingerprint density at radius 2 is 1.45 bits per heavy atom. The number of hydrogen-bond acceptors (Lipinski definition) is 3. The highest BCUT2D eigenvalue weighted by molar-refractivity contribution is 6.74. The van der Waals surface area contributed by atoms with E-state index in [-0.39, 0.29) is 22.3 Å². The average molecular weight is 725 g/mol. The Morgan fingerprint density at radius 3 is 2.04 bits per heavy atom. The molecule has 49 heavy (non-hydrogen) atoms. The van der Waals surface area contributed by atoms with Crippen LogP contribution in [0.3, 0.4) is 0 Å². The fourth-order valence-corrected chi connectivity index (χ4v) is 12.4. The smallest absolute Gasteiger partial charge is 0.242 e. The number of hydrogen-bond donors (Lipinski definition) is 0. The monoisotopic (exact) mass is 725 g/mol. The van der Waals surface area contributed by atoms with Crippen molar-refractivity contribution in [1.82, 2.24) is 0 Å². The van der Waals surface area contributed by atoms with E-state index in [1.54, 1.807) is 5.57 Å². The van der Waals surface area contributed by atoms with Gasteiger partial charge >= 0.3 is 0 Å². The molecule has 0 aromatic carbocycles. The molecule has 4 rings (SSSR count). The minimum atomic E-state index is -1.98. The zero-order valence-corrected chi connectivity index (χ0v) is 37.9. The lowest BCUT2D eigenvalue weighted by Crippen LogP contribution is -2.49. The Balaban J connectivity index is 1.60. The van der Waals surface area contributed by atoms with Gasteiger partial charge in [0.05, 0.1) is 12.2 Å². The van der Waals surface area contributed by atoms with Crippen molar-refractivity contribution in [3.8, 4) is 0 Å². The van der Waals surface area contributed by atoms with E-state index < -0.39 is 25.0 Å². The molecule has 6 heteroatoms. The van der Waals surface area contributed by atoms with Crippen molar-refractivity contribution < 1.29 is 13.3 Å². The zero-order chi connectivity index (χ0) is 37.0. The summed E-state index contributed by atoms with van der Waals surface area (Å²) < 4.78 is 20.9. The van der Waals surface area contributed by atoms with Crippen molar-refractivity contribution in [2.45, 2.75) is 188 Å². The Hall–Kier alpha value is -0.929. The third kappa shape index (κ3) is 9.18. The van der Waals surface area contributed by atoms with Crippen molar-refractivity contribution in [3.05, 3.63) is 58.4 Å². The van der Waals surface area contributed by atoms with E-state index in [1.807, 2.05) is 0 Å². The average Bonchev–Trinajstić information content (AvgIpc) is 3.46. The SMILES string of the molecule is C=C1/C(=C\C=C2/CCC[C@@]3(C)C2CC[C@@H]3[C@H](C)/C=C2\CCC(C)=C2O[Si](C)(C)C)C[C@@H](O[Si](C)(C)C(C)(C)C)C[C@@H]1O[Si](C)(C)C(C)(C)C. The van der Waals surface area contributed by atoms with Gasteiger partial charge in [0.2, 0.25) is 8.32 Å². The van der Waals surface area contributed by atoms with Gasteiger partial charge in [0, 0.05) is 6.42 Å². The lowest BCUT2D eigenvalue weighted by Gasteiger charge is -2.45. The van der Waals surface area contributed by atoms with Gasteiger partial charge in [0.1, 0.15) is 5.76 Å². The van der Waals surface area contributed by atoms with Crippen LogP contribution in [-0.2, 0) is 13.3 Å². The molecule has 278 valence electrons. The summed E-state index contributed by atoms with van der Waals surface area (Å²) in [6.45, 7) is 42.7. The second kappa shape index (κ2) is 14.5. The van der Waals surface area contributed by atoms with Crippen LogP contribution in [0.5, 0.6) is 0 Å². The summed E-state index contributed by atoms with van der Waals surface area (Å²) in [6.07, 6.45) is 18.5. The molecule has 1 unspecified atom stereocenters. The summed E-state index contributed by atoms with van der Waals surface area (Å²) in [5.74, 6) is 3.18. The maximum absolute atomic E-state index is 7.13. The molecule has 0 bridgehead atoms. The first-order valence-corrected chi connectivity index (χ1v) is 29.0. The van der Waals surface area contributed by atoms with Crippen LogP contribution in [0.2, 0.25) is 55.9 Å². The molecule has 0 N–H and O–H groups in total. The Kier molecular flexibility index (Phi) is 12.1. The number of fused-ring (bicyclic) bond motifs is 1. The lowest BCUT2D eigenvalue weighted by atomic mass is 9.61. The molecule has 6 atom stereocenters. The summed E-state index contributed by atoms with van der Waals surface area (Å²) in [4.78, 5) is 0. The minimum Gasteiger partial charge on any atom is -0.544 e. The van der Waals surface area contributed by atoms with Gasteiger partial charge in [-0.2, -0.15) is 0 Å². The largest absolute Gasteiger partial charge is 0.544 e. The van der Waals surface area contributed by atoms with Gasteiger partial charge in [0.25, 0.3) is 0 Å². The Bertz CT molecular complexity index is 1360. The predicted octanol–water partition coefficient (Wildman–Crippen LogP) is 13.7. The van der Waals surface area contributed by atoms with E-state index in [0.29, 0.717) is 23.2 Å². The molecule has 0 heterocycles. The maximum atomic E-state index is 7.13. The molecule has 3 saturated carbocycles. The highest BCUT2D eigenvalue weighted by atomic mass is 28.4. The van der Waals surface area contributed by atoms with Gasteiger partial charge in [-0.3, -0.25) is 0 Å². The summed E-state index contributed by atoms with van der Waals surface area (Å²) in [5, 5.41) is 0.332. The third-order valence-electron chi connectivity index (χ3n) is 13.7. The van der Waals surface area contributed by atoms with Crippen LogP contribution < -0.4 is 0 Å². The van der Waals surface area contributed by atoms with Crippen LogP contribution in [0.15, 0.2) is 58.4 Å². The predicted molar refractivity (Wildman–Crippen MR) is 220 cm³/mol. The summed E-state index contributed by atoms with van der Waals surface area (Å²) in [5.41, 5.74) is 7.49. The first-order chi connectivity index (χ1) is 22.3. The topological polar surface area (TPSA) is 27.7 Å². The first kappa shape index (κ1) is 40.8. The quantitative estimate of drug-likeness (QED) is 0.222. The van der Waals surface area contributed by atoms with Crippen molar-refractivity contribution in [2.24, 2.45) is 23.2 Å². The van der Waals surface area contributed by atoms with E-state index >= 15 is 0 Å². The molecular weight excluding hydrogens is 649 g/mol. The first-order valence-electron chi connectivity index (χ1n) is 19.8. The van der Waals surface area contributed by atoms with Gasteiger partial charge < -0.3 is 13.3 Å². The zero-order valence-electron chi connectivity index (χ0n) is 34.9. The van der Waals surface area contributed by atoms with Gasteiger partial charge in [0.15, 0.2) is 16.6 Å². The van der Waals surface area contributed by atoms with E-state index in [2.05, 4.69) is 126 Å². The summed E-state index contributed by atoms with van der Waals surface area (Å²) >= 11 is 0. The molecule has 4 aliphatic rings. The van der Waals surface area contributed by atoms with Gasteiger partial charge in [-0.05, 0) is 160 Å². The molecule has 0 spiro atoms. The highest BCUT2D eigenvalue weighted by Gasteiger charge is 2.51. The molecule has 3 fully saturated rings. The van der Waals surface area contributed by atoms with Crippen LogP contribution in [-0.4, -0.2) is 37.2 Å². The van der Waals surface area contributed by atoms with Crippen LogP contribution >= 0.6 is 0 Å². The molecule has 0 aliphatic heterocycles. The summed E-state index contributed by atoms with van der Waals surface area (Å²) in [7, 11) is -5.57. The van der Waals surface area contributed by atoms with Gasteiger partial charge in [-0.1, -0.05) is 85.8 Å². The van der Waals surface area contributed by atoms with Crippen LogP contribution in [0.1, 0.15) is 120 Å². The second-order valence-corrected chi connectivity index (χ2v) is 34.7. The molecule has 0 aromatic rings. The van der Waals surface area contributed by atoms with Crippen LogP contribution in [0, 0.1) is 23.2 Å². The van der Waals surface area contributed by atoms with E-state index in [9.17, 15) is 0 Å². The fourth-order valence-electron chi connectivity index (χ4n) is 8.78. The standard InChI is InChI=1S/C43H76O3Si3/c1-30-20-21-35(40(30)46-47(11,12)13)27-31(2)37-24-25-38-33(19-18-26-43(37,38)10)22-23-34-28-36(44-48(14,15)41(4,5)6)29-39(32(34)3)45-49(16,17)42(7,8)9/h22-23,27,31,36-39H,3,18-21,24-26,28-29H2,1-2,4-17H3/b33-22+,34-23-,35-27+/t31-,36-,37-,38?,39+,43-/m1/s1. The molecule has 0 amide bonds. The fraction of sp³-hybridized carbons (Fsp3) is 0.767.